The van der Waals surface area contributed by atoms with E-state index in [9.17, 15) is 4.79 Å². The van der Waals surface area contributed by atoms with Crippen LogP contribution in [0.25, 0.3) is 10.9 Å². The van der Waals surface area contributed by atoms with Crippen LogP contribution in [-0.4, -0.2) is 59.0 Å². The normalized spacial score (nSPS) is 15.1. The van der Waals surface area contributed by atoms with Gasteiger partial charge < -0.3 is 15.1 Å². The number of piperazine rings is 1. The molecular formula is C20H22N6O. The number of rotatable bonds is 3. The van der Waals surface area contributed by atoms with Gasteiger partial charge in [0.25, 0.3) is 5.91 Å². The standard InChI is InChI=1S/C20H22N6O/c1-14-11-19(26-9-7-25(2)8-10-26)24-17-4-3-15(12-16(14)17)23-20(27)18-13-21-5-6-22-18/h3-6,11-13H,7-10H2,1-2H3,(H,23,27). The Hall–Kier alpha value is -3.06. The van der Waals surface area contributed by atoms with Crippen LogP contribution < -0.4 is 10.2 Å². The highest BCUT2D eigenvalue weighted by Gasteiger charge is 2.16. The van der Waals surface area contributed by atoms with E-state index in [1.807, 2.05) is 18.2 Å². The zero-order chi connectivity index (χ0) is 18.8. The Balaban J connectivity index is 1.58. The predicted octanol–water partition coefficient (Wildman–Crippen LogP) is 2.34. The molecule has 1 amide bonds. The Morgan fingerprint density at radius 2 is 1.93 bits per heavy atom. The molecule has 0 unspecified atom stereocenters. The second-order valence-electron chi connectivity index (χ2n) is 6.86. The lowest BCUT2D eigenvalue weighted by Gasteiger charge is -2.33. The topological polar surface area (TPSA) is 74.2 Å². The summed E-state index contributed by atoms with van der Waals surface area (Å²) in [6.07, 6.45) is 4.49. The number of nitrogens with zero attached hydrogens (tertiary/aromatic N) is 5. The fraction of sp³-hybridized carbons (Fsp3) is 0.300. The number of benzene rings is 1. The van der Waals surface area contributed by atoms with E-state index in [1.165, 1.54) is 12.4 Å². The van der Waals surface area contributed by atoms with Crippen molar-refractivity contribution in [1.29, 1.82) is 0 Å². The first-order valence-electron chi connectivity index (χ1n) is 9.02. The second kappa shape index (κ2) is 7.28. The Bertz CT molecular complexity index is 967. The maximum atomic E-state index is 12.3. The first kappa shape index (κ1) is 17.4. The van der Waals surface area contributed by atoms with E-state index in [4.69, 9.17) is 4.98 Å². The summed E-state index contributed by atoms with van der Waals surface area (Å²) < 4.78 is 0. The van der Waals surface area contributed by atoms with Gasteiger partial charge in [-0.15, -0.1) is 0 Å². The molecule has 27 heavy (non-hydrogen) atoms. The third-order valence-electron chi connectivity index (χ3n) is 4.88. The Labute approximate surface area is 158 Å². The van der Waals surface area contributed by atoms with Crippen LogP contribution in [0.1, 0.15) is 16.1 Å². The van der Waals surface area contributed by atoms with E-state index in [2.05, 4.69) is 45.1 Å². The van der Waals surface area contributed by atoms with Gasteiger partial charge in [0, 0.05) is 49.6 Å². The molecular weight excluding hydrogens is 340 g/mol. The van der Waals surface area contributed by atoms with Crippen LogP contribution in [0.3, 0.4) is 0 Å². The van der Waals surface area contributed by atoms with Crippen LogP contribution in [0, 0.1) is 6.92 Å². The van der Waals surface area contributed by atoms with Crippen molar-refractivity contribution in [1.82, 2.24) is 19.9 Å². The predicted molar refractivity (Wildman–Crippen MR) is 106 cm³/mol. The Morgan fingerprint density at radius 1 is 1.11 bits per heavy atom. The maximum Gasteiger partial charge on any atom is 0.275 e. The molecule has 1 aliphatic rings. The first-order valence-corrected chi connectivity index (χ1v) is 9.02. The highest BCUT2D eigenvalue weighted by Crippen LogP contribution is 2.26. The lowest BCUT2D eigenvalue weighted by Crippen LogP contribution is -2.44. The lowest BCUT2D eigenvalue weighted by molar-refractivity contribution is 0.102. The molecule has 0 bridgehead atoms. The molecule has 2 aromatic heterocycles. The van der Waals surface area contributed by atoms with Crippen LogP contribution in [0.15, 0.2) is 42.9 Å². The minimum atomic E-state index is -0.276. The van der Waals surface area contributed by atoms with E-state index in [-0.39, 0.29) is 11.6 Å². The number of likely N-dealkylation sites (N-methyl/N-ethyl adjacent to an activating group) is 1. The summed E-state index contributed by atoms with van der Waals surface area (Å²) >= 11 is 0. The largest absolute Gasteiger partial charge is 0.354 e. The first-order chi connectivity index (χ1) is 13.1. The van der Waals surface area contributed by atoms with Gasteiger partial charge in [0.2, 0.25) is 0 Å². The zero-order valence-electron chi connectivity index (χ0n) is 15.5. The summed E-state index contributed by atoms with van der Waals surface area (Å²) in [6.45, 7) is 6.15. The van der Waals surface area contributed by atoms with E-state index in [0.717, 1.165) is 54.2 Å². The molecule has 0 saturated carbocycles. The monoisotopic (exact) mass is 362 g/mol. The second-order valence-corrected chi connectivity index (χ2v) is 6.86. The van der Waals surface area contributed by atoms with Gasteiger partial charge in [-0.1, -0.05) is 0 Å². The molecule has 1 fully saturated rings. The third kappa shape index (κ3) is 3.73. The van der Waals surface area contributed by atoms with Crippen LogP contribution in [0.2, 0.25) is 0 Å². The Kier molecular flexibility index (Phi) is 4.68. The lowest BCUT2D eigenvalue weighted by atomic mass is 10.1. The summed E-state index contributed by atoms with van der Waals surface area (Å²) in [7, 11) is 2.15. The fourth-order valence-electron chi connectivity index (χ4n) is 3.26. The average molecular weight is 362 g/mol. The maximum absolute atomic E-state index is 12.3. The number of nitrogens with one attached hydrogen (secondary N) is 1. The van der Waals surface area contributed by atoms with Crippen molar-refractivity contribution in [3.05, 3.63) is 54.1 Å². The molecule has 4 rings (SSSR count). The number of anilines is 2. The number of hydrogen-bond donors (Lipinski definition) is 1. The number of pyridine rings is 1. The third-order valence-corrected chi connectivity index (χ3v) is 4.88. The van der Waals surface area contributed by atoms with Crippen molar-refractivity contribution in [2.75, 3.05) is 43.4 Å². The number of fused-ring (bicyclic) bond motifs is 1. The van der Waals surface area contributed by atoms with Crippen molar-refractivity contribution < 1.29 is 4.79 Å². The summed E-state index contributed by atoms with van der Waals surface area (Å²) in [5.41, 5.74) is 3.08. The minimum absolute atomic E-state index is 0.276. The molecule has 1 aliphatic heterocycles. The summed E-state index contributed by atoms with van der Waals surface area (Å²) in [4.78, 5) is 29.7. The number of aryl methyl sites for hydroxylation is 1. The molecule has 138 valence electrons. The molecule has 0 atom stereocenters. The molecule has 1 saturated heterocycles. The van der Waals surface area contributed by atoms with Gasteiger partial charge in [-0.25, -0.2) is 9.97 Å². The smallest absolute Gasteiger partial charge is 0.275 e. The molecule has 3 aromatic rings. The minimum Gasteiger partial charge on any atom is -0.354 e. The van der Waals surface area contributed by atoms with Gasteiger partial charge in [0.1, 0.15) is 11.5 Å². The zero-order valence-corrected chi connectivity index (χ0v) is 15.5. The number of carbonyl (C=O) groups excluding carboxylic acids is 1. The van der Waals surface area contributed by atoms with Gasteiger partial charge in [-0.3, -0.25) is 9.78 Å². The van der Waals surface area contributed by atoms with Crippen molar-refractivity contribution in [3.63, 3.8) is 0 Å². The molecule has 0 spiro atoms. The van der Waals surface area contributed by atoms with Gasteiger partial charge in [0.05, 0.1) is 11.7 Å². The molecule has 7 heteroatoms. The SMILES string of the molecule is Cc1cc(N2CCN(C)CC2)nc2ccc(NC(=O)c3cnccn3)cc12. The van der Waals surface area contributed by atoms with E-state index in [0.29, 0.717) is 0 Å². The van der Waals surface area contributed by atoms with Crippen LogP contribution in [-0.2, 0) is 0 Å². The van der Waals surface area contributed by atoms with Gasteiger partial charge >= 0.3 is 0 Å². The van der Waals surface area contributed by atoms with Gasteiger partial charge in [-0.05, 0) is 43.8 Å². The van der Waals surface area contributed by atoms with Crippen LogP contribution in [0.4, 0.5) is 11.5 Å². The molecule has 0 aliphatic carbocycles. The molecule has 3 heterocycles. The highest BCUT2D eigenvalue weighted by molar-refractivity contribution is 6.03. The number of aromatic nitrogens is 3. The van der Waals surface area contributed by atoms with Gasteiger partial charge in [0.15, 0.2) is 0 Å². The fourth-order valence-corrected chi connectivity index (χ4v) is 3.26. The highest BCUT2D eigenvalue weighted by atomic mass is 16.1. The summed E-state index contributed by atoms with van der Waals surface area (Å²) in [5.74, 6) is 0.742. The summed E-state index contributed by atoms with van der Waals surface area (Å²) in [5, 5.41) is 3.91. The van der Waals surface area contributed by atoms with E-state index in [1.54, 1.807) is 6.20 Å². The van der Waals surface area contributed by atoms with Crippen molar-refractivity contribution in [2.45, 2.75) is 6.92 Å². The van der Waals surface area contributed by atoms with E-state index < -0.39 is 0 Å². The molecule has 1 N–H and O–H groups in total. The van der Waals surface area contributed by atoms with Crippen LogP contribution >= 0.6 is 0 Å². The number of carbonyl (C=O) groups is 1. The number of amides is 1. The van der Waals surface area contributed by atoms with Crippen LogP contribution in [0.5, 0.6) is 0 Å². The van der Waals surface area contributed by atoms with Gasteiger partial charge in [-0.2, -0.15) is 0 Å². The molecule has 7 nitrogen and oxygen atoms in total. The number of hydrogen-bond acceptors (Lipinski definition) is 6. The Morgan fingerprint density at radius 3 is 2.67 bits per heavy atom. The van der Waals surface area contributed by atoms with Crippen molar-refractivity contribution in [3.8, 4) is 0 Å². The summed E-state index contributed by atoms with van der Waals surface area (Å²) in [6, 6.07) is 7.91. The van der Waals surface area contributed by atoms with Crippen molar-refractivity contribution in [2.24, 2.45) is 0 Å². The van der Waals surface area contributed by atoms with Crippen molar-refractivity contribution >= 4 is 28.3 Å². The quantitative estimate of drug-likeness (QED) is 0.771. The molecule has 1 aromatic carbocycles. The average Bonchev–Trinajstić information content (AvgIpc) is 2.69. The van der Waals surface area contributed by atoms with E-state index >= 15 is 0 Å². The molecule has 0 radical (unpaired) electrons.